The molecular weight excluding hydrogens is 380 g/mol. The van der Waals surface area contributed by atoms with Crippen LogP contribution in [-0.2, 0) is 6.42 Å². The molecule has 2 aromatic heterocycles. The van der Waals surface area contributed by atoms with Gasteiger partial charge in [-0.15, -0.1) is 0 Å². The third-order valence-electron chi connectivity index (χ3n) is 6.27. The average Bonchev–Trinajstić information content (AvgIpc) is 3.50. The van der Waals surface area contributed by atoms with Crippen molar-refractivity contribution >= 4 is 11.8 Å². The van der Waals surface area contributed by atoms with E-state index >= 15 is 0 Å². The maximum Gasteiger partial charge on any atom is 0.257 e. The molecule has 4 heterocycles. The van der Waals surface area contributed by atoms with Gasteiger partial charge in [-0.2, -0.15) is 5.10 Å². The number of amides is 2. The first-order valence-electron chi connectivity index (χ1n) is 10.4. The van der Waals surface area contributed by atoms with E-state index in [-0.39, 0.29) is 23.8 Å². The highest BCUT2D eigenvalue weighted by atomic mass is 16.2. The van der Waals surface area contributed by atoms with E-state index in [1.807, 2.05) is 40.1 Å². The smallest absolute Gasteiger partial charge is 0.257 e. The number of piperidine rings is 1. The van der Waals surface area contributed by atoms with Crippen molar-refractivity contribution in [2.45, 2.75) is 25.3 Å². The molecule has 1 fully saturated rings. The third kappa shape index (κ3) is 3.28. The number of fused-ring (bicyclic) bond motifs is 1. The lowest BCUT2D eigenvalue weighted by molar-refractivity contribution is 0.0432. The lowest BCUT2D eigenvalue weighted by atomic mass is 9.83. The Morgan fingerprint density at radius 1 is 1.00 bits per heavy atom. The fourth-order valence-corrected chi connectivity index (χ4v) is 4.73. The second-order valence-corrected chi connectivity index (χ2v) is 7.94. The molecule has 3 aromatic rings. The number of likely N-dealkylation sites (tertiary alicyclic amines) is 1. The number of imidazole rings is 1. The lowest BCUT2D eigenvalue weighted by Gasteiger charge is -2.43. The van der Waals surface area contributed by atoms with Crippen LogP contribution in [0, 0.1) is 5.92 Å². The van der Waals surface area contributed by atoms with Crippen molar-refractivity contribution in [3.63, 3.8) is 0 Å². The second kappa shape index (κ2) is 7.78. The maximum atomic E-state index is 13.3. The minimum absolute atomic E-state index is 0.00326. The molecule has 0 saturated carbocycles. The fourth-order valence-electron chi connectivity index (χ4n) is 4.73. The number of benzene rings is 1. The molecule has 1 atom stereocenters. The van der Waals surface area contributed by atoms with E-state index in [1.54, 1.807) is 18.7 Å². The second-order valence-electron chi connectivity index (χ2n) is 7.94. The summed E-state index contributed by atoms with van der Waals surface area (Å²) in [6.07, 6.45) is 7.36. The summed E-state index contributed by atoms with van der Waals surface area (Å²) in [5.41, 5.74) is 3.38. The van der Waals surface area contributed by atoms with Crippen molar-refractivity contribution in [2.24, 2.45) is 5.92 Å². The van der Waals surface area contributed by atoms with Crippen LogP contribution in [0.5, 0.6) is 0 Å². The van der Waals surface area contributed by atoms with Gasteiger partial charge in [0.05, 0.1) is 29.8 Å². The summed E-state index contributed by atoms with van der Waals surface area (Å²) < 4.78 is 0. The molecule has 8 nitrogen and oxygen atoms in total. The zero-order chi connectivity index (χ0) is 20.5. The van der Waals surface area contributed by atoms with E-state index in [2.05, 4.69) is 20.2 Å². The molecular formula is C22H24N6O2. The number of aromatic amines is 2. The van der Waals surface area contributed by atoms with E-state index in [0.717, 1.165) is 30.7 Å². The van der Waals surface area contributed by atoms with Crippen LogP contribution in [-0.4, -0.2) is 61.4 Å². The van der Waals surface area contributed by atoms with E-state index in [0.29, 0.717) is 30.8 Å². The highest BCUT2D eigenvalue weighted by Gasteiger charge is 2.40. The van der Waals surface area contributed by atoms with Crippen LogP contribution in [0.25, 0.3) is 0 Å². The van der Waals surface area contributed by atoms with Crippen molar-refractivity contribution in [1.82, 2.24) is 30.0 Å². The molecule has 154 valence electrons. The van der Waals surface area contributed by atoms with Crippen molar-refractivity contribution < 1.29 is 9.59 Å². The van der Waals surface area contributed by atoms with Gasteiger partial charge >= 0.3 is 0 Å². The van der Waals surface area contributed by atoms with Gasteiger partial charge in [-0.3, -0.25) is 14.7 Å². The topological polar surface area (TPSA) is 98.0 Å². The number of aromatic nitrogens is 4. The highest BCUT2D eigenvalue weighted by Crippen LogP contribution is 2.39. The molecule has 0 bridgehead atoms. The summed E-state index contributed by atoms with van der Waals surface area (Å²) in [6, 6.07) is 9.37. The summed E-state index contributed by atoms with van der Waals surface area (Å²) in [4.78, 5) is 37.7. The molecule has 8 heteroatoms. The number of hydrogen-bond acceptors (Lipinski definition) is 4. The van der Waals surface area contributed by atoms with E-state index in [1.165, 1.54) is 0 Å². The summed E-state index contributed by atoms with van der Waals surface area (Å²) >= 11 is 0. The first kappa shape index (κ1) is 18.6. The van der Waals surface area contributed by atoms with Gasteiger partial charge in [0.2, 0.25) is 0 Å². The van der Waals surface area contributed by atoms with E-state index in [4.69, 9.17) is 0 Å². The van der Waals surface area contributed by atoms with E-state index in [9.17, 15) is 9.59 Å². The number of carbonyl (C=O) groups is 2. The zero-order valence-corrected chi connectivity index (χ0v) is 16.6. The molecule has 2 amide bonds. The number of carbonyl (C=O) groups excluding carboxylic acids is 2. The molecule has 0 radical (unpaired) electrons. The normalized spacial score (nSPS) is 19.5. The maximum absolute atomic E-state index is 13.3. The predicted molar refractivity (Wildman–Crippen MR) is 110 cm³/mol. The Bertz CT molecular complexity index is 1020. The number of nitrogens with one attached hydrogen (secondary N) is 2. The van der Waals surface area contributed by atoms with Gasteiger partial charge in [0.1, 0.15) is 0 Å². The van der Waals surface area contributed by atoms with Gasteiger partial charge in [0, 0.05) is 43.5 Å². The summed E-state index contributed by atoms with van der Waals surface area (Å²) in [5, 5.41) is 6.57. The Hall–Kier alpha value is -3.42. The number of H-pyrrole nitrogens is 2. The number of hydrogen-bond donors (Lipinski definition) is 2. The highest BCUT2D eigenvalue weighted by molar-refractivity contribution is 5.95. The first-order valence-corrected chi connectivity index (χ1v) is 10.4. The van der Waals surface area contributed by atoms with Gasteiger partial charge in [0.25, 0.3) is 11.8 Å². The third-order valence-corrected chi connectivity index (χ3v) is 6.27. The average molecular weight is 404 g/mol. The van der Waals surface area contributed by atoms with Crippen LogP contribution in [0.15, 0.2) is 49.1 Å². The van der Waals surface area contributed by atoms with Crippen LogP contribution in [0.1, 0.15) is 51.0 Å². The lowest BCUT2D eigenvalue weighted by Crippen LogP contribution is -2.47. The quantitative estimate of drug-likeness (QED) is 0.700. The van der Waals surface area contributed by atoms with Crippen LogP contribution in [0.3, 0.4) is 0 Å². The van der Waals surface area contributed by atoms with Crippen molar-refractivity contribution in [1.29, 1.82) is 0 Å². The zero-order valence-electron chi connectivity index (χ0n) is 16.6. The van der Waals surface area contributed by atoms with Crippen LogP contribution in [0.2, 0.25) is 0 Å². The molecule has 0 aliphatic carbocycles. The minimum atomic E-state index is -0.0705. The Labute approximate surface area is 174 Å². The molecule has 1 saturated heterocycles. The standard InChI is InChI=1S/C22H24N6O2/c29-21(17-12-25-26-13-17)27-9-6-15(7-10-27)20-19-18(23-14-24-19)8-11-28(20)22(30)16-4-2-1-3-5-16/h1-5,12-15,20H,6-11H2,(H,23,24)(H,25,26). The molecule has 1 unspecified atom stereocenters. The largest absolute Gasteiger partial charge is 0.348 e. The summed E-state index contributed by atoms with van der Waals surface area (Å²) in [5.74, 6) is 0.308. The predicted octanol–water partition coefficient (Wildman–Crippen LogP) is 2.42. The SMILES string of the molecule is O=C(c1cn[nH]c1)N1CCC(C2c3nc[nH]c3CCN2C(=O)c2ccccc2)CC1. The van der Waals surface area contributed by atoms with Crippen molar-refractivity contribution in [2.75, 3.05) is 19.6 Å². The summed E-state index contributed by atoms with van der Waals surface area (Å²) in [6.45, 7) is 2.00. The molecule has 5 rings (SSSR count). The van der Waals surface area contributed by atoms with Crippen LogP contribution in [0.4, 0.5) is 0 Å². The molecule has 0 spiro atoms. The number of rotatable bonds is 3. The van der Waals surface area contributed by atoms with Gasteiger partial charge < -0.3 is 14.8 Å². The monoisotopic (exact) mass is 404 g/mol. The molecule has 2 aliphatic heterocycles. The Balaban J connectivity index is 1.37. The minimum Gasteiger partial charge on any atom is -0.348 e. The van der Waals surface area contributed by atoms with Crippen LogP contribution < -0.4 is 0 Å². The number of nitrogens with zero attached hydrogens (tertiary/aromatic N) is 4. The Morgan fingerprint density at radius 3 is 2.53 bits per heavy atom. The molecule has 2 aliphatic rings. The van der Waals surface area contributed by atoms with E-state index < -0.39 is 0 Å². The van der Waals surface area contributed by atoms with Crippen LogP contribution >= 0.6 is 0 Å². The molecule has 1 aromatic carbocycles. The van der Waals surface area contributed by atoms with Gasteiger partial charge in [-0.25, -0.2) is 4.98 Å². The summed E-state index contributed by atoms with van der Waals surface area (Å²) in [7, 11) is 0. The fraction of sp³-hybridized carbons (Fsp3) is 0.364. The molecule has 30 heavy (non-hydrogen) atoms. The van der Waals surface area contributed by atoms with Gasteiger partial charge in [-0.05, 0) is 30.9 Å². The first-order chi connectivity index (χ1) is 14.7. The van der Waals surface area contributed by atoms with Crippen molar-refractivity contribution in [3.05, 3.63) is 71.6 Å². The molecule has 2 N–H and O–H groups in total. The van der Waals surface area contributed by atoms with Gasteiger partial charge in [0.15, 0.2) is 0 Å². The van der Waals surface area contributed by atoms with Crippen molar-refractivity contribution in [3.8, 4) is 0 Å². The van der Waals surface area contributed by atoms with Gasteiger partial charge in [-0.1, -0.05) is 18.2 Å². The Morgan fingerprint density at radius 2 is 1.80 bits per heavy atom. The Kier molecular flexibility index (Phi) is 4.82.